The highest BCUT2D eigenvalue weighted by atomic mass is 16.7. The van der Waals surface area contributed by atoms with Gasteiger partial charge in [0.05, 0.1) is 31.4 Å². The van der Waals surface area contributed by atoms with Gasteiger partial charge in [-0.2, -0.15) is 0 Å². The average Bonchev–Trinajstić information content (AvgIpc) is 3.37. The molecule has 1 aliphatic heterocycles. The van der Waals surface area contributed by atoms with Crippen molar-refractivity contribution < 1.29 is 43.6 Å². The van der Waals surface area contributed by atoms with E-state index in [0.29, 0.717) is 49.6 Å². The fourth-order valence-corrected chi connectivity index (χ4v) is 11.0. The Hall–Kier alpha value is -5.17. The maximum atomic E-state index is 14.9. The van der Waals surface area contributed by atoms with E-state index >= 15 is 0 Å². The zero-order valence-corrected chi connectivity index (χ0v) is 42.1. The minimum atomic E-state index is -1.49. The molecule has 3 aliphatic rings. The molecule has 1 fully saturated rings. The molecule has 2 aliphatic carbocycles. The van der Waals surface area contributed by atoms with Gasteiger partial charge in [0.15, 0.2) is 0 Å². The van der Waals surface area contributed by atoms with Gasteiger partial charge in [-0.05, 0) is 97.4 Å². The molecule has 382 valence electrons. The molecule has 1 saturated carbocycles. The molecule has 0 saturated heterocycles. The first kappa shape index (κ1) is 54.2. The second-order valence-corrected chi connectivity index (χ2v) is 19.1. The summed E-state index contributed by atoms with van der Waals surface area (Å²) >= 11 is 0. The second-order valence-electron chi connectivity index (χ2n) is 19.1. The van der Waals surface area contributed by atoms with E-state index in [1.807, 2.05) is 43.3 Å². The lowest BCUT2D eigenvalue weighted by Crippen LogP contribution is -2.70. The van der Waals surface area contributed by atoms with Crippen LogP contribution in [0, 0.1) is 17.8 Å². The minimum Gasteiger partial charge on any atom is -0.459 e. The van der Waals surface area contributed by atoms with E-state index in [9.17, 15) is 19.8 Å². The number of fused-ring (bicyclic) bond motifs is 3. The smallest absolute Gasteiger partial charge is 0.412 e. The number of nitrogens with one attached hydrogen (secondary N) is 1. The Morgan fingerprint density at radius 3 is 2.33 bits per heavy atom. The van der Waals surface area contributed by atoms with Gasteiger partial charge in [0.1, 0.15) is 24.1 Å². The van der Waals surface area contributed by atoms with Crippen LogP contribution in [-0.2, 0) is 20.9 Å². The number of oxime groups is 1. The summed E-state index contributed by atoms with van der Waals surface area (Å²) < 4.78 is 26.7. The fraction of sp³-hybridized carbons (Fsp3) is 0.569. The number of benzene rings is 3. The Morgan fingerprint density at radius 2 is 1.60 bits per heavy atom. The number of nitrogens with zero attached hydrogens (tertiary/aromatic N) is 2. The Morgan fingerprint density at radius 1 is 0.871 bits per heavy atom. The lowest BCUT2D eigenvalue weighted by Gasteiger charge is -2.59. The third-order valence-corrected chi connectivity index (χ3v) is 14.3. The molecule has 0 aromatic heterocycles. The van der Waals surface area contributed by atoms with Crippen molar-refractivity contribution >= 4 is 28.7 Å². The van der Waals surface area contributed by atoms with Crippen molar-refractivity contribution in [2.75, 3.05) is 39.6 Å². The van der Waals surface area contributed by atoms with Crippen molar-refractivity contribution in [3.05, 3.63) is 109 Å². The largest absolute Gasteiger partial charge is 0.459 e. The molecule has 70 heavy (non-hydrogen) atoms. The predicted octanol–water partition coefficient (Wildman–Crippen LogP) is 12.7. The number of amides is 2. The van der Waals surface area contributed by atoms with Crippen LogP contribution in [0.2, 0.25) is 0 Å². The van der Waals surface area contributed by atoms with Crippen LogP contribution in [0.15, 0.2) is 103 Å². The summed E-state index contributed by atoms with van der Waals surface area (Å²) in [4.78, 5) is 36.0. The number of carbonyl (C=O) groups excluding carboxylic acids is 2. The third-order valence-electron chi connectivity index (χ3n) is 14.3. The number of hydrogen-bond donors (Lipinski definition) is 3. The summed E-state index contributed by atoms with van der Waals surface area (Å²) in [7, 11) is 0. The summed E-state index contributed by atoms with van der Waals surface area (Å²) in [6, 6.07) is 19.0. The van der Waals surface area contributed by atoms with Crippen LogP contribution >= 0.6 is 0 Å². The molecular formula is C58H81N3O9. The maximum Gasteiger partial charge on any atom is 0.412 e. The highest BCUT2D eigenvalue weighted by Gasteiger charge is 2.65. The molecule has 0 spiro atoms. The standard InChI is InChI=1S/C58H81N3O9/c1-5-9-11-12-13-14-15-16-17-22-34-59-56(64)69-46-32-33-52-50(40-46)54-48(31-21-24-36-63)44(27-20-23-35-62)39-49-51(60-68-8-4)41-53(58(70-52,55(49)54)67-37-7-3)61(57(65)66-38-10-6-2)42-45-29-25-28-43-26-18-19-30-47(43)45/h6-7,18-19,25-26,28-30,32-33,39-40,44,48,53-55,62-63H,2-3,5,8-17,20-24,27,31,34-38,41-42H2,1,4H3,(H,59,64)/t44-,48+,53-,54+,55+,58+/m0/s1. The number of ether oxygens (including phenoxy) is 4. The molecule has 2 amide bonds. The predicted molar refractivity (Wildman–Crippen MR) is 278 cm³/mol. The summed E-state index contributed by atoms with van der Waals surface area (Å²) in [6.07, 6.45) is 21.9. The molecular weight excluding hydrogens is 883 g/mol. The van der Waals surface area contributed by atoms with Gasteiger partial charge in [0, 0.05) is 37.7 Å². The van der Waals surface area contributed by atoms with Crippen molar-refractivity contribution in [1.82, 2.24) is 10.2 Å². The van der Waals surface area contributed by atoms with Crippen molar-refractivity contribution in [2.24, 2.45) is 22.9 Å². The Labute approximate surface area is 417 Å². The van der Waals surface area contributed by atoms with Gasteiger partial charge in [-0.1, -0.05) is 143 Å². The Kier molecular flexibility index (Phi) is 22.1. The Bertz CT molecular complexity index is 2190. The monoisotopic (exact) mass is 964 g/mol. The van der Waals surface area contributed by atoms with Gasteiger partial charge in [0.25, 0.3) is 0 Å². The second kappa shape index (κ2) is 28.6. The molecule has 6 rings (SSSR count). The fourth-order valence-electron chi connectivity index (χ4n) is 11.0. The van der Waals surface area contributed by atoms with Gasteiger partial charge >= 0.3 is 12.2 Å². The summed E-state index contributed by atoms with van der Waals surface area (Å²) in [5.41, 5.74) is 3.40. The zero-order valence-electron chi connectivity index (χ0n) is 42.1. The molecule has 12 heteroatoms. The molecule has 1 heterocycles. The first-order valence-electron chi connectivity index (χ1n) is 26.5. The first-order chi connectivity index (χ1) is 34.3. The molecule has 0 radical (unpaired) electrons. The molecule has 12 nitrogen and oxygen atoms in total. The quantitative estimate of drug-likeness (QED) is 0.0325. The lowest BCUT2D eigenvalue weighted by atomic mass is 9.55. The van der Waals surface area contributed by atoms with Crippen LogP contribution in [0.1, 0.15) is 146 Å². The number of carbonyl (C=O) groups is 2. The van der Waals surface area contributed by atoms with Gasteiger partial charge in [-0.3, -0.25) is 4.90 Å². The molecule has 0 bridgehead atoms. The van der Waals surface area contributed by atoms with Crippen molar-refractivity contribution in [3.8, 4) is 11.5 Å². The van der Waals surface area contributed by atoms with Crippen LogP contribution in [0.25, 0.3) is 10.8 Å². The Balaban J connectivity index is 1.42. The van der Waals surface area contributed by atoms with E-state index in [2.05, 4.69) is 49.7 Å². The third kappa shape index (κ3) is 14.0. The van der Waals surface area contributed by atoms with Crippen LogP contribution in [0.5, 0.6) is 11.5 Å². The summed E-state index contributed by atoms with van der Waals surface area (Å²) in [5, 5.41) is 29.9. The van der Waals surface area contributed by atoms with Crippen LogP contribution in [0.3, 0.4) is 0 Å². The van der Waals surface area contributed by atoms with Gasteiger partial charge in [-0.15, -0.1) is 13.2 Å². The molecule has 3 N–H and O–H groups in total. The highest BCUT2D eigenvalue weighted by Crippen LogP contribution is 2.62. The van der Waals surface area contributed by atoms with Gasteiger partial charge < -0.3 is 39.3 Å². The number of unbranched alkanes of at least 4 members (excludes halogenated alkanes) is 11. The number of aliphatic hydroxyl groups is 2. The normalized spacial score (nSPS) is 21.7. The molecule has 3 aromatic rings. The van der Waals surface area contributed by atoms with Gasteiger partial charge in [-0.25, -0.2) is 9.59 Å². The maximum absolute atomic E-state index is 14.9. The molecule has 6 atom stereocenters. The molecule has 0 unspecified atom stereocenters. The average molecular weight is 964 g/mol. The van der Waals surface area contributed by atoms with Crippen molar-refractivity contribution in [2.45, 2.75) is 154 Å². The number of hydrogen-bond acceptors (Lipinski definition) is 10. The lowest BCUT2D eigenvalue weighted by molar-refractivity contribution is -0.256. The SMILES string of the molecule is C=CCCOC(=O)N(Cc1cccc2ccccc12)[C@H]1CC(=NOCC)C2=C[C@H](CCCCO)[C@@H](CCCCO)[C@@H]3c4cc(OC(=O)NCCCCCCCCCCCC)ccc4O[C@@]1(OCC=C)[C@H]23. The van der Waals surface area contributed by atoms with Crippen LogP contribution < -0.4 is 14.8 Å². The van der Waals surface area contributed by atoms with E-state index in [0.717, 1.165) is 72.4 Å². The minimum absolute atomic E-state index is 0.00748. The van der Waals surface area contributed by atoms with E-state index in [1.165, 1.54) is 44.9 Å². The van der Waals surface area contributed by atoms with Gasteiger partial charge in [0.2, 0.25) is 5.79 Å². The molecule has 3 aromatic carbocycles. The first-order valence-corrected chi connectivity index (χ1v) is 26.5. The van der Waals surface area contributed by atoms with E-state index in [-0.39, 0.29) is 57.1 Å². The van der Waals surface area contributed by atoms with E-state index in [4.69, 9.17) is 28.9 Å². The topological polar surface area (TPSA) is 148 Å². The van der Waals surface area contributed by atoms with E-state index in [1.54, 1.807) is 23.1 Å². The van der Waals surface area contributed by atoms with E-state index < -0.39 is 29.9 Å². The summed E-state index contributed by atoms with van der Waals surface area (Å²) in [5.74, 6) is -1.34. The zero-order chi connectivity index (χ0) is 49.6. The van der Waals surface area contributed by atoms with Crippen molar-refractivity contribution in [1.29, 1.82) is 0 Å². The van der Waals surface area contributed by atoms with Crippen LogP contribution in [0.4, 0.5) is 9.59 Å². The summed E-state index contributed by atoms with van der Waals surface area (Å²) in [6.45, 7) is 13.5. The highest BCUT2D eigenvalue weighted by molar-refractivity contribution is 6.03. The number of rotatable bonds is 31. The van der Waals surface area contributed by atoms with Crippen molar-refractivity contribution in [3.63, 3.8) is 0 Å². The number of aliphatic hydroxyl groups excluding tert-OH is 2. The number of allylic oxidation sites excluding steroid dienone is 1. The van der Waals surface area contributed by atoms with Crippen LogP contribution in [-0.4, -0.2) is 84.4 Å².